The Morgan fingerprint density at radius 2 is 1.80 bits per heavy atom. The third-order valence-corrected chi connectivity index (χ3v) is 5.44. The van der Waals surface area contributed by atoms with Gasteiger partial charge in [0.2, 0.25) is 0 Å². The summed E-state index contributed by atoms with van der Waals surface area (Å²) in [5.74, 6) is 0.00106. The lowest BCUT2D eigenvalue weighted by molar-refractivity contribution is 0.0547. The molecule has 25 heavy (non-hydrogen) atoms. The van der Waals surface area contributed by atoms with Crippen LogP contribution >= 0.6 is 0 Å². The maximum absolute atomic E-state index is 12.6. The van der Waals surface area contributed by atoms with Crippen LogP contribution in [0.25, 0.3) is 0 Å². The second kappa shape index (κ2) is 6.92. The standard InChI is InChI=1S/C20H24N4O/c1-15-13-22-19(14-21-15)20(25)24-10-8-23(9-11-24)18-7-6-16-4-2-3-5-17(16)12-18/h2-5,13-14,18H,6-12H2,1H3/t18-/m0/s1. The molecular weight excluding hydrogens is 312 g/mol. The minimum atomic E-state index is 0.00106. The minimum Gasteiger partial charge on any atom is -0.335 e. The molecule has 0 radical (unpaired) electrons. The van der Waals surface area contributed by atoms with Crippen LogP contribution in [-0.2, 0) is 12.8 Å². The molecule has 0 spiro atoms. The molecule has 130 valence electrons. The van der Waals surface area contributed by atoms with Crippen molar-refractivity contribution in [2.45, 2.75) is 32.2 Å². The molecule has 1 aliphatic heterocycles. The average molecular weight is 336 g/mol. The van der Waals surface area contributed by atoms with Crippen molar-refractivity contribution in [2.75, 3.05) is 26.2 Å². The van der Waals surface area contributed by atoms with Gasteiger partial charge in [0, 0.05) is 38.4 Å². The van der Waals surface area contributed by atoms with Gasteiger partial charge in [-0.25, -0.2) is 4.98 Å². The maximum atomic E-state index is 12.6. The topological polar surface area (TPSA) is 49.3 Å². The van der Waals surface area contributed by atoms with Crippen molar-refractivity contribution in [3.8, 4) is 0 Å². The Morgan fingerprint density at radius 3 is 2.52 bits per heavy atom. The Hall–Kier alpha value is -2.27. The van der Waals surface area contributed by atoms with Crippen LogP contribution in [0.2, 0.25) is 0 Å². The summed E-state index contributed by atoms with van der Waals surface area (Å²) in [4.78, 5) is 25.4. The zero-order valence-electron chi connectivity index (χ0n) is 14.7. The molecule has 1 amide bonds. The molecule has 5 nitrogen and oxygen atoms in total. The number of carbonyl (C=O) groups excluding carboxylic acids is 1. The fraction of sp³-hybridized carbons (Fsp3) is 0.450. The van der Waals surface area contributed by atoms with E-state index in [1.807, 2.05) is 11.8 Å². The number of fused-ring (bicyclic) bond motifs is 1. The smallest absolute Gasteiger partial charge is 0.274 e. The van der Waals surface area contributed by atoms with Crippen molar-refractivity contribution < 1.29 is 4.79 Å². The zero-order chi connectivity index (χ0) is 17.2. The average Bonchev–Trinajstić information content (AvgIpc) is 2.68. The molecule has 2 aromatic rings. The lowest BCUT2D eigenvalue weighted by Crippen LogP contribution is -2.53. The van der Waals surface area contributed by atoms with Crippen LogP contribution in [0.1, 0.15) is 33.7 Å². The molecule has 0 saturated carbocycles. The van der Waals surface area contributed by atoms with Gasteiger partial charge in [0.05, 0.1) is 11.9 Å². The molecule has 1 aromatic heterocycles. The molecule has 2 heterocycles. The quantitative estimate of drug-likeness (QED) is 0.843. The molecule has 2 aliphatic rings. The van der Waals surface area contributed by atoms with E-state index in [1.165, 1.54) is 24.0 Å². The van der Waals surface area contributed by atoms with Gasteiger partial charge in [-0.1, -0.05) is 24.3 Å². The molecule has 0 bridgehead atoms. The Bertz CT molecular complexity index is 751. The zero-order valence-corrected chi connectivity index (χ0v) is 14.7. The Morgan fingerprint density at radius 1 is 1.04 bits per heavy atom. The first-order valence-electron chi connectivity index (χ1n) is 9.09. The Labute approximate surface area is 148 Å². The summed E-state index contributed by atoms with van der Waals surface area (Å²) < 4.78 is 0. The molecule has 1 atom stereocenters. The van der Waals surface area contributed by atoms with Gasteiger partial charge in [-0.05, 0) is 37.3 Å². The van der Waals surface area contributed by atoms with Crippen molar-refractivity contribution >= 4 is 5.91 Å². The molecule has 1 aromatic carbocycles. The predicted octanol–water partition coefficient (Wildman–Crippen LogP) is 2.10. The van der Waals surface area contributed by atoms with Crippen molar-refractivity contribution in [3.63, 3.8) is 0 Å². The predicted molar refractivity (Wildman–Crippen MR) is 96.5 cm³/mol. The summed E-state index contributed by atoms with van der Waals surface area (Å²) in [5, 5.41) is 0. The van der Waals surface area contributed by atoms with Gasteiger partial charge < -0.3 is 4.90 Å². The fourth-order valence-electron chi connectivity index (χ4n) is 3.95. The van der Waals surface area contributed by atoms with E-state index in [2.05, 4.69) is 39.1 Å². The molecule has 1 aliphatic carbocycles. The number of nitrogens with zero attached hydrogens (tertiary/aromatic N) is 4. The summed E-state index contributed by atoms with van der Waals surface area (Å²) in [7, 11) is 0. The van der Waals surface area contributed by atoms with Crippen LogP contribution in [0.15, 0.2) is 36.7 Å². The van der Waals surface area contributed by atoms with Crippen LogP contribution in [0.3, 0.4) is 0 Å². The second-order valence-corrected chi connectivity index (χ2v) is 7.04. The Balaban J connectivity index is 1.36. The first-order chi connectivity index (χ1) is 12.2. The van der Waals surface area contributed by atoms with E-state index in [9.17, 15) is 4.79 Å². The van der Waals surface area contributed by atoms with Gasteiger partial charge in [-0.3, -0.25) is 14.7 Å². The second-order valence-electron chi connectivity index (χ2n) is 7.04. The molecule has 1 saturated heterocycles. The summed E-state index contributed by atoms with van der Waals surface area (Å²) in [5.41, 5.74) is 4.28. The summed E-state index contributed by atoms with van der Waals surface area (Å²) >= 11 is 0. The fourth-order valence-corrected chi connectivity index (χ4v) is 3.95. The monoisotopic (exact) mass is 336 g/mol. The molecule has 1 fully saturated rings. The molecule has 5 heteroatoms. The van der Waals surface area contributed by atoms with Crippen molar-refractivity contribution in [1.29, 1.82) is 0 Å². The summed E-state index contributed by atoms with van der Waals surface area (Å²) in [6, 6.07) is 9.39. The van der Waals surface area contributed by atoms with E-state index in [-0.39, 0.29) is 5.91 Å². The molecule has 4 rings (SSSR count). The number of amides is 1. The number of hydrogen-bond donors (Lipinski definition) is 0. The van der Waals surface area contributed by atoms with Gasteiger partial charge in [0.1, 0.15) is 5.69 Å². The highest BCUT2D eigenvalue weighted by molar-refractivity contribution is 5.92. The third kappa shape index (κ3) is 3.42. The van der Waals surface area contributed by atoms with Crippen molar-refractivity contribution in [2.24, 2.45) is 0 Å². The number of aryl methyl sites for hydroxylation is 2. The van der Waals surface area contributed by atoms with Crippen LogP contribution in [0.4, 0.5) is 0 Å². The Kier molecular flexibility index (Phi) is 4.49. The number of benzene rings is 1. The highest BCUT2D eigenvalue weighted by Gasteiger charge is 2.29. The summed E-state index contributed by atoms with van der Waals surface area (Å²) in [6.07, 6.45) is 6.76. The van der Waals surface area contributed by atoms with E-state index < -0.39 is 0 Å². The van der Waals surface area contributed by atoms with Crippen molar-refractivity contribution in [1.82, 2.24) is 19.8 Å². The first kappa shape index (κ1) is 16.2. The third-order valence-electron chi connectivity index (χ3n) is 5.44. The number of carbonyl (C=O) groups is 1. The van der Waals surface area contributed by atoms with Gasteiger partial charge in [0.15, 0.2) is 0 Å². The van der Waals surface area contributed by atoms with Gasteiger partial charge in [-0.2, -0.15) is 0 Å². The van der Waals surface area contributed by atoms with Gasteiger partial charge in [0.25, 0.3) is 5.91 Å². The number of aromatic nitrogens is 2. The highest BCUT2D eigenvalue weighted by Crippen LogP contribution is 2.25. The normalized spacial score (nSPS) is 21.0. The van der Waals surface area contributed by atoms with E-state index >= 15 is 0 Å². The lowest BCUT2D eigenvalue weighted by Gasteiger charge is -2.41. The van der Waals surface area contributed by atoms with E-state index in [0.29, 0.717) is 11.7 Å². The van der Waals surface area contributed by atoms with Crippen LogP contribution in [0, 0.1) is 6.92 Å². The highest BCUT2D eigenvalue weighted by atomic mass is 16.2. The van der Waals surface area contributed by atoms with E-state index in [0.717, 1.165) is 38.3 Å². The van der Waals surface area contributed by atoms with Crippen LogP contribution in [-0.4, -0.2) is 57.9 Å². The lowest BCUT2D eigenvalue weighted by atomic mass is 9.87. The first-order valence-corrected chi connectivity index (χ1v) is 9.09. The largest absolute Gasteiger partial charge is 0.335 e. The van der Waals surface area contributed by atoms with E-state index in [1.54, 1.807) is 12.4 Å². The van der Waals surface area contributed by atoms with Crippen LogP contribution in [0.5, 0.6) is 0 Å². The van der Waals surface area contributed by atoms with Gasteiger partial charge in [-0.15, -0.1) is 0 Å². The number of rotatable bonds is 2. The van der Waals surface area contributed by atoms with E-state index in [4.69, 9.17) is 0 Å². The SMILES string of the molecule is Cc1cnc(C(=O)N2CCN([C@H]3CCc4ccccc4C3)CC2)cn1. The minimum absolute atomic E-state index is 0.00106. The maximum Gasteiger partial charge on any atom is 0.274 e. The van der Waals surface area contributed by atoms with Crippen LogP contribution < -0.4 is 0 Å². The van der Waals surface area contributed by atoms with Gasteiger partial charge >= 0.3 is 0 Å². The molecular formula is C20H24N4O. The molecule has 0 unspecified atom stereocenters. The number of hydrogen-bond acceptors (Lipinski definition) is 4. The number of piperazine rings is 1. The molecule has 0 N–H and O–H groups in total. The summed E-state index contributed by atoms with van der Waals surface area (Å²) in [6.45, 7) is 5.30. The van der Waals surface area contributed by atoms with Crippen molar-refractivity contribution in [3.05, 3.63) is 59.2 Å².